The monoisotopic (exact) mass is 272 g/mol. The number of aromatic nitrogens is 3. The lowest BCUT2D eigenvalue weighted by Crippen LogP contribution is -2.08. The second-order valence-electron chi connectivity index (χ2n) is 4.56. The van der Waals surface area contributed by atoms with Crippen LogP contribution >= 0.6 is 0 Å². The SMILES string of the molecule is CCCNc1cc(Cc2cccnc2)nc(COC)n1. The molecule has 0 saturated carbocycles. The summed E-state index contributed by atoms with van der Waals surface area (Å²) in [4.78, 5) is 13.1. The van der Waals surface area contributed by atoms with Crippen molar-refractivity contribution >= 4 is 5.82 Å². The first-order valence-corrected chi connectivity index (χ1v) is 6.80. The lowest BCUT2D eigenvalue weighted by molar-refractivity contribution is 0.177. The average molecular weight is 272 g/mol. The third kappa shape index (κ3) is 4.28. The predicted molar refractivity (Wildman–Crippen MR) is 78.6 cm³/mol. The van der Waals surface area contributed by atoms with E-state index in [1.54, 1.807) is 13.3 Å². The van der Waals surface area contributed by atoms with E-state index in [0.29, 0.717) is 12.4 Å². The third-order valence-corrected chi connectivity index (χ3v) is 2.76. The number of hydrogen-bond donors (Lipinski definition) is 1. The molecule has 2 aromatic rings. The molecule has 0 bridgehead atoms. The molecule has 0 saturated heterocycles. The molecule has 5 nitrogen and oxygen atoms in total. The highest BCUT2D eigenvalue weighted by molar-refractivity contribution is 5.37. The molecule has 0 spiro atoms. The summed E-state index contributed by atoms with van der Waals surface area (Å²) in [6.45, 7) is 3.44. The Morgan fingerprint density at radius 3 is 2.90 bits per heavy atom. The zero-order valence-corrected chi connectivity index (χ0v) is 12.0. The van der Waals surface area contributed by atoms with E-state index >= 15 is 0 Å². The summed E-state index contributed by atoms with van der Waals surface area (Å²) in [5, 5.41) is 3.30. The van der Waals surface area contributed by atoms with Crippen LogP contribution in [0.1, 0.15) is 30.4 Å². The fourth-order valence-corrected chi connectivity index (χ4v) is 1.89. The molecule has 0 radical (unpaired) electrons. The van der Waals surface area contributed by atoms with Crippen molar-refractivity contribution in [3.8, 4) is 0 Å². The normalized spacial score (nSPS) is 10.5. The molecular formula is C15H20N4O. The van der Waals surface area contributed by atoms with E-state index < -0.39 is 0 Å². The second kappa shape index (κ2) is 7.55. The van der Waals surface area contributed by atoms with Crippen LogP contribution in [0.4, 0.5) is 5.82 Å². The van der Waals surface area contributed by atoms with E-state index in [4.69, 9.17) is 4.74 Å². The van der Waals surface area contributed by atoms with Crippen LogP contribution in [0.5, 0.6) is 0 Å². The number of methoxy groups -OCH3 is 1. The van der Waals surface area contributed by atoms with Gasteiger partial charge in [0.05, 0.1) is 5.69 Å². The van der Waals surface area contributed by atoms with Crippen LogP contribution in [0, 0.1) is 0 Å². The Hall–Kier alpha value is -2.01. The highest BCUT2D eigenvalue weighted by atomic mass is 16.5. The van der Waals surface area contributed by atoms with Crippen molar-refractivity contribution in [2.45, 2.75) is 26.4 Å². The molecule has 1 N–H and O–H groups in total. The predicted octanol–water partition coefficient (Wildman–Crippen LogP) is 2.43. The van der Waals surface area contributed by atoms with Crippen LogP contribution < -0.4 is 5.32 Å². The minimum atomic E-state index is 0.418. The van der Waals surface area contributed by atoms with Crippen LogP contribution in [0.15, 0.2) is 30.6 Å². The molecular weight excluding hydrogens is 252 g/mol. The van der Waals surface area contributed by atoms with Crippen LogP contribution in [0.3, 0.4) is 0 Å². The first kappa shape index (κ1) is 14.4. The van der Waals surface area contributed by atoms with Gasteiger partial charge in [-0.1, -0.05) is 13.0 Å². The number of nitrogens with zero attached hydrogens (tertiary/aromatic N) is 3. The number of pyridine rings is 1. The first-order valence-electron chi connectivity index (χ1n) is 6.80. The number of hydrogen-bond acceptors (Lipinski definition) is 5. The Balaban J connectivity index is 2.19. The van der Waals surface area contributed by atoms with Crippen molar-refractivity contribution in [3.63, 3.8) is 0 Å². The molecule has 0 atom stereocenters. The van der Waals surface area contributed by atoms with Gasteiger partial charge in [-0.05, 0) is 18.1 Å². The van der Waals surface area contributed by atoms with Gasteiger partial charge in [-0.2, -0.15) is 0 Å². The van der Waals surface area contributed by atoms with Crippen LogP contribution in [0.2, 0.25) is 0 Å². The summed E-state index contributed by atoms with van der Waals surface area (Å²) in [6.07, 6.45) is 5.43. The molecule has 0 amide bonds. The topological polar surface area (TPSA) is 59.9 Å². The van der Waals surface area contributed by atoms with E-state index in [9.17, 15) is 0 Å². The van der Waals surface area contributed by atoms with Gasteiger partial charge >= 0.3 is 0 Å². The molecule has 0 fully saturated rings. The molecule has 0 aliphatic carbocycles. The summed E-state index contributed by atoms with van der Waals surface area (Å²) in [7, 11) is 1.65. The fraction of sp³-hybridized carbons (Fsp3) is 0.400. The summed E-state index contributed by atoms with van der Waals surface area (Å²) in [6, 6.07) is 5.97. The molecule has 106 valence electrons. The Kier molecular flexibility index (Phi) is 5.43. The molecule has 2 aromatic heterocycles. The van der Waals surface area contributed by atoms with Gasteiger partial charge in [0.25, 0.3) is 0 Å². The highest BCUT2D eigenvalue weighted by Gasteiger charge is 2.05. The van der Waals surface area contributed by atoms with Gasteiger partial charge in [0.1, 0.15) is 12.4 Å². The molecule has 2 heterocycles. The van der Waals surface area contributed by atoms with E-state index in [1.165, 1.54) is 0 Å². The highest BCUT2D eigenvalue weighted by Crippen LogP contribution is 2.12. The van der Waals surface area contributed by atoms with Crippen molar-refractivity contribution in [1.82, 2.24) is 15.0 Å². The maximum atomic E-state index is 5.13. The molecule has 0 unspecified atom stereocenters. The second-order valence-corrected chi connectivity index (χ2v) is 4.56. The van der Waals surface area contributed by atoms with Gasteiger partial charge in [-0.25, -0.2) is 9.97 Å². The number of rotatable bonds is 7. The van der Waals surface area contributed by atoms with Gasteiger partial charge in [0.2, 0.25) is 0 Å². The molecule has 5 heteroatoms. The Morgan fingerprint density at radius 1 is 1.30 bits per heavy atom. The van der Waals surface area contributed by atoms with E-state index in [-0.39, 0.29) is 0 Å². The van der Waals surface area contributed by atoms with E-state index in [2.05, 4.69) is 27.2 Å². The van der Waals surface area contributed by atoms with E-state index in [1.807, 2.05) is 24.4 Å². The third-order valence-electron chi connectivity index (χ3n) is 2.76. The molecule has 0 aromatic carbocycles. The zero-order chi connectivity index (χ0) is 14.2. The fourth-order valence-electron chi connectivity index (χ4n) is 1.89. The van der Waals surface area contributed by atoms with Gasteiger partial charge in [-0.15, -0.1) is 0 Å². The molecule has 2 rings (SSSR count). The summed E-state index contributed by atoms with van der Waals surface area (Å²) >= 11 is 0. The van der Waals surface area contributed by atoms with Gasteiger partial charge < -0.3 is 10.1 Å². The van der Waals surface area contributed by atoms with Crippen molar-refractivity contribution < 1.29 is 4.74 Å². The van der Waals surface area contributed by atoms with Crippen molar-refractivity contribution in [1.29, 1.82) is 0 Å². The zero-order valence-electron chi connectivity index (χ0n) is 12.0. The van der Waals surface area contributed by atoms with Gasteiger partial charge in [0, 0.05) is 38.5 Å². The van der Waals surface area contributed by atoms with Crippen molar-refractivity contribution in [2.75, 3.05) is 19.0 Å². The summed E-state index contributed by atoms with van der Waals surface area (Å²) < 4.78 is 5.13. The Bertz CT molecular complexity index is 531. The van der Waals surface area contributed by atoms with Gasteiger partial charge in [0.15, 0.2) is 5.82 Å². The summed E-state index contributed by atoms with van der Waals surface area (Å²) in [5.74, 6) is 1.56. The minimum Gasteiger partial charge on any atom is -0.377 e. The largest absolute Gasteiger partial charge is 0.377 e. The van der Waals surface area contributed by atoms with Gasteiger partial charge in [-0.3, -0.25) is 4.98 Å². The average Bonchev–Trinajstić information content (AvgIpc) is 2.46. The number of anilines is 1. The smallest absolute Gasteiger partial charge is 0.156 e. The lowest BCUT2D eigenvalue weighted by Gasteiger charge is -2.09. The summed E-state index contributed by atoms with van der Waals surface area (Å²) in [5.41, 5.74) is 2.11. The lowest BCUT2D eigenvalue weighted by atomic mass is 10.1. The first-order chi connectivity index (χ1) is 9.81. The molecule has 20 heavy (non-hydrogen) atoms. The van der Waals surface area contributed by atoms with Crippen LogP contribution in [-0.2, 0) is 17.8 Å². The van der Waals surface area contributed by atoms with Crippen LogP contribution in [0.25, 0.3) is 0 Å². The number of ether oxygens (including phenoxy) is 1. The molecule has 0 aliphatic rings. The standard InChI is InChI=1S/C15H20N4O/c1-3-6-17-14-9-13(18-15(19-14)11-20-2)8-12-5-4-7-16-10-12/h4-5,7,9-10H,3,6,8,11H2,1-2H3,(H,17,18,19). The minimum absolute atomic E-state index is 0.418. The maximum absolute atomic E-state index is 5.13. The van der Waals surface area contributed by atoms with Crippen molar-refractivity contribution in [2.24, 2.45) is 0 Å². The van der Waals surface area contributed by atoms with Crippen LogP contribution in [-0.4, -0.2) is 28.6 Å². The van der Waals surface area contributed by atoms with E-state index in [0.717, 1.165) is 36.5 Å². The quantitative estimate of drug-likeness (QED) is 0.839. The Morgan fingerprint density at radius 2 is 2.20 bits per heavy atom. The maximum Gasteiger partial charge on any atom is 0.156 e. The van der Waals surface area contributed by atoms with Crippen molar-refractivity contribution in [3.05, 3.63) is 47.7 Å². The molecule has 0 aliphatic heterocycles. The Labute approximate surface area is 119 Å². The number of nitrogens with one attached hydrogen (secondary N) is 1.